The number of alkyl halides is 2. The molecule has 1 atom stereocenters. The fourth-order valence-corrected chi connectivity index (χ4v) is 3.32. The molecule has 1 unspecified atom stereocenters. The van der Waals surface area contributed by atoms with Gasteiger partial charge in [-0.05, 0) is 0 Å². The maximum absolute atomic E-state index is 13.7. The van der Waals surface area contributed by atoms with Crippen LogP contribution in [0.25, 0.3) is 11.0 Å². The summed E-state index contributed by atoms with van der Waals surface area (Å²) in [5.74, 6) is -0.862. The van der Waals surface area contributed by atoms with Crippen LogP contribution in [0.5, 0.6) is 0 Å². The Balaban J connectivity index is 1.51. The number of aromatic nitrogens is 4. The van der Waals surface area contributed by atoms with Crippen molar-refractivity contribution < 1.29 is 22.9 Å². The Bertz CT molecular complexity index is 990. The number of aromatic amines is 1. The number of amides is 2. The summed E-state index contributed by atoms with van der Waals surface area (Å²) < 4.78 is 32.0. The molecule has 0 bridgehead atoms. The van der Waals surface area contributed by atoms with Crippen molar-refractivity contribution in [3.8, 4) is 0 Å². The number of fused-ring (bicyclic) bond motifs is 1. The lowest BCUT2D eigenvalue weighted by Gasteiger charge is -2.41. The second kappa shape index (κ2) is 7.33. The summed E-state index contributed by atoms with van der Waals surface area (Å²) in [7, 11) is 0. The minimum Gasteiger partial charge on any atom is -0.364 e. The summed E-state index contributed by atoms with van der Waals surface area (Å²) in [6, 6.07) is -1.38. The highest BCUT2D eigenvalue weighted by atomic mass is 19.3. The third-order valence-corrected chi connectivity index (χ3v) is 4.74. The SMILES string of the molecule is O=C(c1c[nH]c2ncncc12)N1CCN(C(=O)Cc2cnoc2)C(C(F)F)C1. The van der Waals surface area contributed by atoms with Crippen LogP contribution in [0.15, 0.2) is 35.7 Å². The van der Waals surface area contributed by atoms with E-state index >= 15 is 0 Å². The molecule has 0 aliphatic carbocycles. The summed E-state index contributed by atoms with van der Waals surface area (Å²) in [5, 5.41) is 4.02. The first kappa shape index (κ1) is 18.0. The number of nitrogens with one attached hydrogen (secondary N) is 1. The zero-order valence-corrected chi connectivity index (χ0v) is 14.6. The van der Waals surface area contributed by atoms with Crippen molar-refractivity contribution >= 4 is 22.8 Å². The molecule has 4 rings (SSSR count). The Labute approximate surface area is 157 Å². The molecule has 146 valence electrons. The normalized spacial score (nSPS) is 17.5. The van der Waals surface area contributed by atoms with Gasteiger partial charge in [-0.2, -0.15) is 0 Å². The molecule has 3 aromatic rings. The lowest BCUT2D eigenvalue weighted by Crippen LogP contribution is -2.59. The van der Waals surface area contributed by atoms with Crippen LogP contribution in [0.2, 0.25) is 0 Å². The van der Waals surface area contributed by atoms with Gasteiger partial charge in [-0.3, -0.25) is 9.59 Å². The molecule has 9 nitrogen and oxygen atoms in total. The zero-order chi connectivity index (χ0) is 19.7. The summed E-state index contributed by atoms with van der Waals surface area (Å²) >= 11 is 0. The van der Waals surface area contributed by atoms with Crippen molar-refractivity contribution in [2.24, 2.45) is 0 Å². The van der Waals surface area contributed by atoms with Gasteiger partial charge < -0.3 is 19.3 Å². The number of carbonyl (C=O) groups is 2. The van der Waals surface area contributed by atoms with Crippen LogP contribution in [0.3, 0.4) is 0 Å². The molecule has 28 heavy (non-hydrogen) atoms. The number of piperazine rings is 1. The Morgan fingerprint density at radius 3 is 2.93 bits per heavy atom. The number of hydrogen-bond donors (Lipinski definition) is 1. The first-order valence-electron chi connectivity index (χ1n) is 8.57. The summed E-state index contributed by atoms with van der Waals surface area (Å²) in [5.41, 5.74) is 1.31. The molecule has 2 amide bonds. The highest BCUT2D eigenvalue weighted by Crippen LogP contribution is 2.22. The van der Waals surface area contributed by atoms with Gasteiger partial charge in [0.05, 0.1) is 18.2 Å². The lowest BCUT2D eigenvalue weighted by molar-refractivity contribution is -0.139. The van der Waals surface area contributed by atoms with Crippen molar-refractivity contribution in [3.63, 3.8) is 0 Å². The molecule has 0 radical (unpaired) electrons. The molecule has 0 spiro atoms. The second-order valence-electron chi connectivity index (χ2n) is 6.44. The van der Waals surface area contributed by atoms with Gasteiger partial charge in [-0.25, -0.2) is 18.7 Å². The Morgan fingerprint density at radius 1 is 1.32 bits per heavy atom. The minimum atomic E-state index is -2.78. The molecule has 3 aromatic heterocycles. The molecular formula is C17H16F2N6O3. The molecule has 1 N–H and O–H groups in total. The van der Waals surface area contributed by atoms with Crippen molar-refractivity contribution in [1.82, 2.24) is 29.9 Å². The van der Waals surface area contributed by atoms with Crippen molar-refractivity contribution in [2.45, 2.75) is 18.9 Å². The van der Waals surface area contributed by atoms with E-state index in [1.807, 2.05) is 0 Å². The molecule has 11 heteroatoms. The van der Waals surface area contributed by atoms with Gasteiger partial charge in [0, 0.05) is 43.0 Å². The molecule has 1 fully saturated rings. The van der Waals surface area contributed by atoms with Gasteiger partial charge >= 0.3 is 0 Å². The van der Waals surface area contributed by atoms with Crippen LogP contribution in [-0.4, -0.2) is 73.8 Å². The number of H-pyrrole nitrogens is 1. The Hall–Kier alpha value is -3.37. The predicted molar refractivity (Wildman–Crippen MR) is 91.5 cm³/mol. The molecule has 0 aromatic carbocycles. The van der Waals surface area contributed by atoms with E-state index in [1.54, 1.807) is 0 Å². The van der Waals surface area contributed by atoms with Crippen LogP contribution in [0.1, 0.15) is 15.9 Å². The fraction of sp³-hybridized carbons (Fsp3) is 0.353. The van der Waals surface area contributed by atoms with E-state index in [-0.39, 0.29) is 26.1 Å². The highest BCUT2D eigenvalue weighted by Gasteiger charge is 2.38. The lowest BCUT2D eigenvalue weighted by atomic mass is 10.1. The Kier molecular flexibility index (Phi) is 4.72. The predicted octanol–water partition coefficient (Wildman–Crippen LogP) is 1.11. The van der Waals surface area contributed by atoms with Gasteiger partial charge in [0.1, 0.15) is 24.3 Å². The van der Waals surface area contributed by atoms with Gasteiger partial charge in [0.2, 0.25) is 5.91 Å². The molecule has 0 saturated carbocycles. The molecule has 1 aliphatic rings. The van der Waals surface area contributed by atoms with Gasteiger partial charge in [-0.1, -0.05) is 5.16 Å². The van der Waals surface area contributed by atoms with Gasteiger partial charge in [-0.15, -0.1) is 0 Å². The van der Waals surface area contributed by atoms with Crippen LogP contribution in [0.4, 0.5) is 8.78 Å². The topological polar surface area (TPSA) is 108 Å². The average Bonchev–Trinajstić information content (AvgIpc) is 3.36. The third-order valence-electron chi connectivity index (χ3n) is 4.74. The third kappa shape index (κ3) is 3.30. The quantitative estimate of drug-likeness (QED) is 0.715. The van der Waals surface area contributed by atoms with E-state index in [0.717, 1.165) is 4.90 Å². The van der Waals surface area contributed by atoms with E-state index in [9.17, 15) is 18.4 Å². The van der Waals surface area contributed by atoms with Gasteiger partial charge in [0.25, 0.3) is 12.3 Å². The van der Waals surface area contributed by atoms with E-state index in [2.05, 4.69) is 24.6 Å². The van der Waals surface area contributed by atoms with Crippen molar-refractivity contribution in [2.75, 3.05) is 19.6 Å². The highest BCUT2D eigenvalue weighted by molar-refractivity contribution is 6.05. The number of nitrogens with zero attached hydrogens (tertiary/aromatic N) is 5. The van der Waals surface area contributed by atoms with E-state index in [0.29, 0.717) is 22.2 Å². The molecule has 1 saturated heterocycles. The average molecular weight is 390 g/mol. The molecule has 1 aliphatic heterocycles. The van der Waals surface area contributed by atoms with Crippen LogP contribution in [-0.2, 0) is 11.2 Å². The van der Waals surface area contributed by atoms with Crippen LogP contribution < -0.4 is 0 Å². The number of rotatable bonds is 4. The number of hydrogen-bond acceptors (Lipinski definition) is 6. The van der Waals surface area contributed by atoms with E-state index < -0.39 is 24.3 Å². The van der Waals surface area contributed by atoms with Crippen LogP contribution >= 0.6 is 0 Å². The van der Waals surface area contributed by atoms with E-state index in [4.69, 9.17) is 0 Å². The van der Waals surface area contributed by atoms with Gasteiger partial charge in [0.15, 0.2) is 0 Å². The van der Waals surface area contributed by atoms with Crippen molar-refractivity contribution in [3.05, 3.63) is 42.3 Å². The fourth-order valence-electron chi connectivity index (χ4n) is 3.32. The van der Waals surface area contributed by atoms with E-state index in [1.165, 1.54) is 36.1 Å². The monoisotopic (exact) mass is 390 g/mol. The van der Waals surface area contributed by atoms with Crippen molar-refractivity contribution in [1.29, 1.82) is 0 Å². The first-order chi connectivity index (χ1) is 13.5. The summed E-state index contributed by atoms with van der Waals surface area (Å²) in [4.78, 5) is 38.6. The molecular weight excluding hydrogens is 374 g/mol. The maximum Gasteiger partial charge on any atom is 0.260 e. The largest absolute Gasteiger partial charge is 0.364 e. The standard InChI is InChI=1S/C17H16F2N6O3/c18-15(19)13-7-24(1-2-25(13)14(26)3-10-4-23-28-8-10)17(27)12-6-21-16-11(12)5-20-9-22-16/h4-6,8-9,13,15H,1-3,7H2,(H,20,21,22). The number of carbonyl (C=O) groups excluding carboxylic acids is 2. The summed E-state index contributed by atoms with van der Waals surface area (Å²) in [6.45, 7) is -0.0895. The zero-order valence-electron chi connectivity index (χ0n) is 14.6. The minimum absolute atomic E-state index is 0.0176. The second-order valence-corrected chi connectivity index (χ2v) is 6.44. The first-order valence-corrected chi connectivity index (χ1v) is 8.57. The van der Waals surface area contributed by atoms with Crippen LogP contribution in [0, 0.1) is 0 Å². The maximum atomic E-state index is 13.7. The Morgan fingerprint density at radius 2 is 2.18 bits per heavy atom. The smallest absolute Gasteiger partial charge is 0.260 e. The molecule has 4 heterocycles. The number of halogens is 2. The summed E-state index contributed by atoms with van der Waals surface area (Å²) in [6.07, 6.45) is 4.13.